The second-order valence-corrected chi connectivity index (χ2v) is 16.0. The SMILES string of the molecule is CC(C)Oc1cc(CN2CCC(Nc3nc(-c4ccccc4)c4nccnc4n3)CC2)cc(OC(C)C)c1.c1ccc(-c2nc(NC3CCNCC3)nc3nccnc23)cc1. The van der Waals surface area contributed by atoms with Crippen molar-refractivity contribution in [3.05, 3.63) is 109 Å². The molecule has 0 amide bonds. The van der Waals surface area contributed by atoms with Gasteiger partial charge in [-0.25, -0.2) is 29.9 Å². The van der Waals surface area contributed by atoms with Crippen molar-refractivity contribution in [2.24, 2.45) is 0 Å². The first-order valence-corrected chi connectivity index (χ1v) is 21.3. The van der Waals surface area contributed by atoms with E-state index in [4.69, 9.17) is 19.4 Å². The molecule has 0 radical (unpaired) electrons. The molecule has 2 fully saturated rings. The van der Waals surface area contributed by atoms with E-state index >= 15 is 0 Å². The summed E-state index contributed by atoms with van der Waals surface area (Å²) in [6.45, 7) is 13.0. The first-order valence-electron chi connectivity index (χ1n) is 21.3. The molecule has 0 atom stereocenters. The molecule has 2 saturated heterocycles. The Balaban J connectivity index is 0.000000190. The van der Waals surface area contributed by atoms with E-state index in [0.717, 1.165) is 97.9 Å². The van der Waals surface area contributed by atoms with Gasteiger partial charge in [0.1, 0.15) is 33.9 Å². The summed E-state index contributed by atoms with van der Waals surface area (Å²) >= 11 is 0. The van der Waals surface area contributed by atoms with E-state index in [2.05, 4.69) is 62.9 Å². The molecule has 0 bridgehead atoms. The molecule has 14 nitrogen and oxygen atoms in total. The molecule has 3 aromatic carbocycles. The van der Waals surface area contributed by atoms with Gasteiger partial charge in [0.05, 0.1) is 12.2 Å². The molecular weight excluding hydrogens is 765 g/mol. The van der Waals surface area contributed by atoms with Crippen LogP contribution in [-0.2, 0) is 6.54 Å². The highest BCUT2D eigenvalue weighted by Gasteiger charge is 2.22. The zero-order valence-electron chi connectivity index (χ0n) is 35.3. The third kappa shape index (κ3) is 11.1. The van der Waals surface area contributed by atoms with Gasteiger partial charge in [0.15, 0.2) is 11.3 Å². The van der Waals surface area contributed by atoms with Gasteiger partial charge >= 0.3 is 0 Å². The molecule has 0 spiro atoms. The summed E-state index contributed by atoms with van der Waals surface area (Å²) in [5, 5.41) is 10.4. The van der Waals surface area contributed by atoms with E-state index in [1.54, 1.807) is 24.8 Å². The standard InChI is InChI=1S/C30H36N6O2.C17H18N6/c1-20(2)37-25-16-22(17-26(18-25)38-21(3)4)19-36-14-10-24(11-15-36)33-30-34-27(23-8-6-5-7-9-23)28-29(35-30)32-13-12-31-28;1-2-4-12(5-3-1)14-15-16(20-11-10-19-15)23-17(22-14)21-13-6-8-18-9-7-13/h5-9,12-13,16-18,20-21,24H,10-11,14-15,19H2,1-4H3,(H,32,33,34,35);1-5,10-11,13,18H,6-9H2,(H,20,21,22,23). The predicted octanol–water partition coefficient (Wildman–Crippen LogP) is 7.99. The smallest absolute Gasteiger partial charge is 0.225 e. The number of hydrogen-bond acceptors (Lipinski definition) is 14. The Morgan fingerprint density at radius 2 is 1.05 bits per heavy atom. The van der Waals surface area contributed by atoms with Crippen molar-refractivity contribution in [3.8, 4) is 34.0 Å². The molecule has 61 heavy (non-hydrogen) atoms. The molecule has 4 aromatic heterocycles. The van der Waals surface area contributed by atoms with Crippen molar-refractivity contribution in [3.63, 3.8) is 0 Å². The Morgan fingerprint density at radius 1 is 0.590 bits per heavy atom. The third-order valence-corrected chi connectivity index (χ3v) is 10.4. The fraction of sp³-hybridized carbons (Fsp3) is 0.362. The van der Waals surface area contributed by atoms with Gasteiger partial charge in [0.2, 0.25) is 11.9 Å². The van der Waals surface area contributed by atoms with Gasteiger partial charge in [-0.15, -0.1) is 0 Å². The number of likely N-dealkylation sites (tertiary alicyclic amines) is 1. The average Bonchev–Trinajstić information content (AvgIpc) is 3.27. The Bertz CT molecular complexity index is 2460. The van der Waals surface area contributed by atoms with E-state index < -0.39 is 0 Å². The largest absolute Gasteiger partial charge is 0.491 e. The molecule has 9 rings (SSSR count). The van der Waals surface area contributed by atoms with Crippen LogP contribution in [0.25, 0.3) is 44.8 Å². The molecule has 314 valence electrons. The quantitative estimate of drug-likeness (QED) is 0.109. The number of nitrogens with zero attached hydrogens (tertiary/aromatic N) is 9. The normalized spacial score (nSPS) is 15.1. The summed E-state index contributed by atoms with van der Waals surface area (Å²) in [5.41, 5.74) is 7.51. The van der Waals surface area contributed by atoms with E-state index in [-0.39, 0.29) is 12.2 Å². The summed E-state index contributed by atoms with van der Waals surface area (Å²) in [5.74, 6) is 2.94. The van der Waals surface area contributed by atoms with Crippen molar-refractivity contribution in [2.75, 3.05) is 36.8 Å². The number of hydrogen-bond donors (Lipinski definition) is 3. The van der Waals surface area contributed by atoms with Crippen LogP contribution in [0.1, 0.15) is 58.9 Å². The predicted molar refractivity (Wildman–Crippen MR) is 241 cm³/mol. The first-order chi connectivity index (χ1) is 29.8. The van der Waals surface area contributed by atoms with Crippen LogP contribution in [-0.4, -0.2) is 95.2 Å². The molecule has 2 aliphatic heterocycles. The lowest BCUT2D eigenvalue weighted by molar-refractivity contribution is 0.207. The number of nitrogens with one attached hydrogen (secondary N) is 3. The fourth-order valence-electron chi connectivity index (χ4n) is 7.68. The maximum absolute atomic E-state index is 5.99. The van der Waals surface area contributed by atoms with Gasteiger partial charge in [0.25, 0.3) is 0 Å². The van der Waals surface area contributed by atoms with Gasteiger partial charge in [-0.3, -0.25) is 4.90 Å². The number of piperidine rings is 2. The lowest BCUT2D eigenvalue weighted by atomic mass is 10.0. The highest BCUT2D eigenvalue weighted by atomic mass is 16.5. The van der Waals surface area contributed by atoms with Crippen LogP contribution in [0.2, 0.25) is 0 Å². The molecule has 2 aliphatic rings. The van der Waals surface area contributed by atoms with Gasteiger partial charge in [-0.05, 0) is 84.2 Å². The average molecular weight is 819 g/mol. The third-order valence-electron chi connectivity index (χ3n) is 10.4. The number of ether oxygens (including phenoxy) is 2. The summed E-state index contributed by atoms with van der Waals surface area (Å²) in [6, 6.07) is 27.1. The molecule has 3 N–H and O–H groups in total. The highest BCUT2D eigenvalue weighted by molar-refractivity contribution is 5.88. The Kier molecular flexibility index (Phi) is 13.4. The molecule has 6 heterocycles. The van der Waals surface area contributed by atoms with E-state index in [1.165, 1.54) is 5.56 Å². The van der Waals surface area contributed by atoms with Crippen LogP contribution < -0.4 is 25.4 Å². The summed E-state index contributed by atoms with van der Waals surface area (Å²) in [7, 11) is 0. The van der Waals surface area contributed by atoms with Gasteiger partial charge in [-0.2, -0.15) is 9.97 Å². The second kappa shape index (κ2) is 19.8. The van der Waals surface area contributed by atoms with Gasteiger partial charge < -0.3 is 25.4 Å². The summed E-state index contributed by atoms with van der Waals surface area (Å²) in [6.07, 6.45) is 11.1. The number of rotatable bonds is 12. The zero-order valence-corrected chi connectivity index (χ0v) is 35.3. The van der Waals surface area contributed by atoms with Crippen LogP contribution >= 0.6 is 0 Å². The number of fused-ring (bicyclic) bond motifs is 2. The van der Waals surface area contributed by atoms with E-state index in [1.807, 2.05) is 94.4 Å². The maximum Gasteiger partial charge on any atom is 0.225 e. The molecule has 0 aliphatic carbocycles. The van der Waals surface area contributed by atoms with Gasteiger partial charge in [0, 0.05) is 73.7 Å². The molecule has 0 unspecified atom stereocenters. The van der Waals surface area contributed by atoms with Crippen LogP contribution in [0, 0.1) is 0 Å². The van der Waals surface area contributed by atoms with Crippen LogP contribution in [0.3, 0.4) is 0 Å². The van der Waals surface area contributed by atoms with Crippen molar-refractivity contribution in [1.29, 1.82) is 0 Å². The molecule has 14 heteroatoms. The number of anilines is 2. The van der Waals surface area contributed by atoms with Crippen LogP contribution in [0.15, 0.2) is 104 Å². The first kappa shape index (κ1) is 41.4. The minimum absolute atomic E-state index is 0.115. The van der Waals surface area contributed by atoms with Crippen molar-refractivity contribution >= 4 is 34.2 Å². The van der Waals surface area contributed by atoms with Crippen LogP contribution in [0.4, 0.5) is 11.9 Å². The number of benzene rings is 3. The minimum atomic E-state index is 0.115. The number of aromatic nitrogens is 8. The Labute approximate surface area is 357 Å². The Morgan fingerprint density at radius 3 is 1.52 bits per heavy atom. The maximum atomic E-state index is 5.99. The highest BCUT2D eigenvalue weighted by Crippen LogP contribution is 2.29. The fourth-order valence-corrected chi connectivity index (χ4v) is 7.68. The lowest BCUT2D eigenvalue weighted by Crippen LogP contribution is -2.39. The van der Waals surface area contributed by atoms with Crippen molar-refractivity contribution in [2.45, 2.75) is 84.2 Å². The molecular formula is C47H54N12O2. The summed E-state index contributed by atoms with van der Waals surface area (Å²) < 4.78 is 12.0. The monoisotopic (exact) mass is 818 g/mol. The lowest BCUT2D eigenvalue weighted by Gasteiger charge is -2.32. The van der Waals surface area contributed by atoms with Crippen molar-refractivity contribution in [1.82, 2.24) is 50.1 Å². The molecule has 7 aromatic rings. The van der Waals surface area contributed by atoms with Crippen LogP contribution in [0.5, 0.6) is 11.5 Å². The van der Waals surface area contributed by atoms with Gasteiger partial charge in [-0.1, -0.05) is 60.7 Å². The summed E-state index contributed by atoms with van der Waals surface area (Å²) in [4.78, 5) is 39.0. The minimum Gasteiger partial charge on any atom is -0.491 e. The second-order valence-electron chi connectivity index (χ2n) is 16.0. The molecule has 0 saturated carbocycles. The van der Waals surface area contributed by atoms with E-state index in [9.17, 15) is 0 Å². The Hall–Kier alpha value is -6.38. The van der Waals surface area contributed by atoms with E-state index in [0.29, 0.717) is 40.8 Å². The van der Waals surface area contributed by atoms with Crippen molar-refractivity contribution < 1.29 is 9.47 Å². The zero-order chi connectivity index (χ0) is 42.0. The topological polar surface area (TPSA) is 161 Å².